The molecule has 108 valence electrons. The van der Waals surface area contributed by atoms with Gasteiger partial charge in [-0.1, -0.05) is 42.5 Å². The second kappa shape index (κ2) is 6.46. The van der Waals surface area contributed by atoms with Gasteiger partial charge in [0.25, 0.3) is 0 Å². The van der Waals surface area contributed by atoms with Crippen LogP contribution in [0.2, 0.25) is 0 Å². The molecule has 2 aromatic rings. The quantitative estimate of drug-likeness (QED) is 0.741. The molecule has 0 spiro atoms. The summed E-state index contributed by atoms with van der Waals surface area (Å²) >= 11 is 0. The minimum absolute atomic E-state index is 0.0304. The third-order valence-electron chi connectivity index (χ3n) is 3.44. The predicted molar refractivity (Wildman–Crippen MR) is 81.4 cm³/mol. The number of rotatable bonds is 6. The Hall–Kier alpha value is -2.26. The van der Waals surface area contributed by atoms with E-state index in [1.165, 1.54) is 0 Å². The second-order valence-corrected chi connectivity index (χ2v) is 4.92. The fraction of sp³-hybridized carbons (Fsp3) is 0.222. The monoisotopic (exact) mass is 282 g/mol. The van der Waals surface area contributed by atoms with Crippen LogP contribution in [0.3, 0.4) is 0 Å². The largest absolute Gasteiger partial charge is 0.454 e. The molecule has 1 heterocycles. The van der Waals surface area contributed by atoms with Crippen molar-refractivity contribution in [1.29, 1.82) is 0 Å². The molecule has 3 rings (SSSR count). The predicted octanol–water partition coefficient (Wildman–Crippen LogP) is 4.25. The summed E-state index contributed by atoms with van der Waals surface area (Å²) in [5, 5.41) is 0. The number of ether oxygens (including phenoxy) is 3. The summed E-state index contributed by atoms with van der Waals surface area (Å²) in [4.78, 5) is 0. The second-order valence-electron chi connectivity index (χ2n) is 4.92. The molecule has 0 saturated heterocycles. The lowest BCUT2D eigenvalue weighted by atomic mass is 10.1. The fourth-order valence-electron chi connectivity index (χ4n) is 2.34. The summed E-state index contributed by atoms with van der Waals surface area (Å²) < 4.78 is 16.8. The Morgan fingerprint density at radius 3 is 2.71 bits per heavy atom. The van der Waals surface area contributed by atoms with Gasteiger partial charge in [0.05, 0.1) is 12.7 Å². The zero-order valence-corrected chi connectivity index (χ0v) is 11.8. The van der Waals surface area contributed by atoms with E-state index in [0.29, 0.717) is 6.61 Å². The van der Waals surface area contributed by atoms with Crippen LogP contribution >= 0.6 is 0 Å². The van der Waals surface area contributed by atoms with Crippen molar-refractivity contribution < 1.29 is 14.2 Å². The molecule has 21 heavy (non-hydrogen) atoms. The highest BCUT2D eigenvalue weighted by Gasteiger charge is 2.17. The summed E-state index contributed by atoms with van der Waals surface area (Å²) in [6.07, 6.45) is 2.60. The summed E-state index contributed by atoms with van der Waals surface area (Å²) in [6.45, 7) is 4.68. The molecule has 0 amide bonds. The van der Waals surface area contributed by atoms with Crippen LogP contribution in [0.1, 0.15) is 23.7 Å². The molecular weight excluding hydrogens is 264 g/mol. The molecule has 1 atom stereocenters. The van der Waals surface area contributed by atoms with Crippen LogP contribution in [0.15, 0.2) is 61.2 Å². The highest BCUT2D eigenvalue weighted by Crippen LogP contribution is 2.36. The van der Waals surface area contributed by atoms with Crippen molar-refractivity contribution in [2.45, 2.75) is 19.1 Å². The van der Waals surface area contributed by atoms with Gasteiger partial charge in [0.15, 0.2) is 11.5 Å². The molecule has 0 N–H and O–H groups in total. The first-order valence-electron chi connectivity index (χ1n) is 7.03. The van der Waals surface area contributed by atoms with Gasteiger partial charge < -0.3 is 14.2 Å². The van der Waals surface area contributed by atoms with E-state index in [2.05, 4.69) is 18.7 Å². The van der Waals surface area contributed by atoms with Crippen LogP contribution in [0.4, 0.5) is 0 Å². The van der Waals surface area contributed by atoms with Crippen LogP contribution in [0, 0.1) is 0 Å². The topological polar surface area (TPSA) is 27.7 Å². The molecule has 0 saturated carbocycles. The number of benzene rings is 2. The molecular formula is C18H18O3. The van der Waals surface area contributed by atoms with Gasteiger partial charge in [-0.3, -0.25) is 0 Å². The van der Waals surface area contributed by atoms with E-state index in [9.17, 15) is 0 Å². The molecule has 0 aliphatic carbocycles. The molecule has 2 aromatic carbocycles. The van der Waals surface area contributed by atoms with Gasteiger partial charge in [-0.2, -0.15) is 0 Å². The van der Waals surface area contributed by atoms with Crippen LogP contribution in [0.5, 0.6) is 11.5 Å². The van der Waals surface area contributed by atoms with E-state index < -0.39 is 0 Å². The van der Waals surface area contributed by atoms with Crippen LogP contribution in [-0.4, -0.2) is 6.79 Å². The molecule has 3 nitrogen and oxygen atoms in total. The average molecular weight is 282 g/mol. The number of hydrogen-bond acceptors (Lipinski definition) is 3. The van der Waals surface area contributed by atoms with Gasteiger partial charge in [-0.15, -0.1) is 6.58 Å². The van der Waals surface area contributed by atoms with Gasteiger partial charge in [0.1, 0.15) is 0 Å². The van der Waals surface area contributed by atoms with Crippen molar-refractivity contribution in [1.82, 2.24) is 0 Å². The average Bonchev–Trinajstić information content (AvgIpc) is 3.00. The lowest BCUT2D eigenvalue weighted by Crippen LogP contribution is -2.04. The first-order valence-corrected chi connectivity index (χ1v) is 7.03. The van der Waals surface area contributed by atoms with Gasteiger partial charge >= 0.3 is 0 Å². The van der Waals surface area contributed by atoms with Crippen LogP contribution in [0.25, 0.3) is 0 Å². The molecule has 0 radical (unpaired) electrons. The number of hydrogen-bond donors (Lipinski definition) is 0. The van der Waals surface area contributed by atoms with Crippen molar-refractivity contribution in [3.05, 3.63) is 72.3 Å². The van der Waals surface area contributed by atoms with Gasteiger partial charge in [0.2, 0.25) is 6.79 Å². The highest BCUT2D eigenvalue weighted by molar-refractivity contribution is 5.45. The molecule has 0 aromatic heterocycles. The molecule has 1 aliphatic heterocycles. The minimum Gasteiger partial charge on any atom is -0.454 e. The molecule has 1 aliphatic rings. The van der Waals surface area contributed by atoms with E-state index in [1.54, 1.807) is 0 Å². The van der Waals surface area contributed by atoms with Crippen molar-refractivity contribution in [3.8, 4) is 11.5 Å². The summed E-state index contributed by atoms with van der Waals surface area (Å²) in [7, 11) is 0. The van der Waals surface area contributed by atoms with Crippen molar-refractivity contribution in [2.24, 2.45) is 0 Å². The smallest absolute Gasteiger partial charge is 0.231 e. The Bertz CT molecular complexity index is 607. The maximum Gasteiger partial charge on any atom is 0.231 e. The first-order chi connectivity index (χ1) is 10.4. The Kier molecular flexibility index (Phi) is 4.22. The first kappa shape index (κ1) is 13.7. The maximum absolute atomic E-state index is 6.05. The van der Waals surface area contributed by atoms with E-state index in [4.69, 9.17) is 14.2 Å². The molecule has 3 heteroatoms. The van der Waals surface area contributed by atoms with Crippen molar-refractivity contribution in [3.63, 3.8) is 0 Å². The third-order valence-corrected chi connectivity index (χ3v) is 3.44. The van der Waals surface area contributed by atoms with E-state index in [1.807, 2.05) is 42.5 Å². The lowest BCUT2D eigenvalue weighted by molar-refractivity contribution is 0.0416. The van der Waals surface area contributed by atoms with E-state index in [0.717, 1.165) is 29.0 Å². The molecule has 0 bridgehead atoms. The van der Waals surface area contributed by atoms with Gasteiger partial charge in [0, 0.05) is 0 Å². The summed E-state index contributed by atoms with van der Waals surface area (Å²) in [5.41, 5.74) is 2.24. The van der Waals surface area contributed by atoms with Crippen LogP contribution in [-0.2, 0) is 11.3 Å². The van der Waals surface area contributed by atoms with Gasteiger partial charge in [-0.05, 0) is 29.7 Å². The maximum atomic E-state index is 6.05. The Labute approximate surface area is 124 Å². The van der Waals surface area contributed by atoms with Crippen LogP contribution < -0.4 is 9.47 Å². The molecule has 0 fully saturated rings. The Balaban J connectivity index is 1.73. The summed E-state index contributed by atoms with van der Waals surface area (Å²) in [5.74, 6) is 1.57. The number of fused-ring (bicyclic) bond motifs is 1. The van der Waals surface area contributed by atoms with Crippen molar-refractivity contribution in [2.75, 3.05) is 6.79 Å². The zero-order valence-electron chi connectivity index (χ0n) is 11.8. The SMILES string of the molecule is C=CCC(OCc1ccccc1)c1ccc2c(c1)OCO2. The Morgan fingerprint density at radius 1 is 1.10 bits per heavy atom. The normalized spacial score (nSPS) is 13.9. The van der Waals surface area contributed by atoms with E-state index >= 15 is 0 Å². The fourth-order valence-corrected chi connectivity index (χ4v) is 2.34. The Morgan fingerprint density at radius 2 is 1.90 bits per heavy atom. The highest BCUT2D eigenvalue weighted by atomic mass is 16.7. The van der Waals surface area contributed by atoms with Crippen molar-refractivity contribution >= 4 is 0 Å². The zero-order chi connectivity index (χ0) is 14.5. The van der Waals surface area contributed by atoms with Gasteiger partial charge in [-0.25, -0.2) is 0 Å². The van der Waals surface area contributed by atoms with E-state index in [-0.39, 0.29) is 12.9 Å². The minimum atomic E-state index is -0.0304. The lowest BCUT2D eigenvalue weighted by Gasteiger charge is -2.17. The summed E-state index contributed by atoms with van der Waals surface area (Å²) in [6, 6.07) is 16.1. The third kappa shape index (κ3) is 3.26. The molecule has 1 unspecified atom stereocenters. The standard InChI is InChI=1S/C18H18O3/c1-2-6-16(19-12-14-7-4-3-5-8-14)15-9-10-17-18(11-15)21-13-20-17/h2-5,7-11,16H,1,6,12-13H2.